The van der Waals surface area contributed by atoms with Gasteiger partial charge in [0, 0.05) is 43.3 Å². The Morgan fingerprint density at radius 3 is 2.46 bits per heavy atom. The summed E-state index contributed by atoms with van der Waals surface area (Å²) in [4.78, 5) is 38.7. The largest absolute Gasteiger partial charge is 0.497 e. The van der Waals surface area contributed by atoms with E-state index in [1.54, 1.807) is 18.1 Å². The Morgan fingerprint density at radius 1 is 1.00 bits per heavy atom. The van der Waals surface area contributed by atoms with Gasteiger partial charge in [-0.2, -0.15) is 0 Å². The van der Waals surface area contributed by atoms with Gasteiger partial charge in [0.1, 0.15) is 23.4 Å². The lowest BCUT2D eigenvalue weighted by molar-refractivity contribution is -0.142. The number of urea groups is 1. The summed E-state index contributed by atoms with van der Waals surface area (Å²) >= 11 is 0. The van der Waals surface area contributed by atoms with Crippen LogP contribution in [0.4, 0.5) is 16.3 Å². The molecular weight excluding hydrogens is 472 g/mol. The highest BCUT2D eigenvalue weighted by Crippen LogP contribution is 2.23. The molecule has 1 aliphatic rings. The van der Waals surface area contributed by atoms with E-state index in [4.69, 9.17) is 19.4 Å². The standard InChI is InChI=1S/C27H34N6O4/c1-18(2)24(26(34)37-4)31-25-21-10-5-6-11-22(21)29-23(30-25)17-32-12-14-33(15-13-32)27(35)28-19-8-7-9-20(16-19)36-3/h5-11,16,18,24H,12-15,17H2,1-4H3,(H,28,35)(H,29,30,31)/t24-/m0/s1. The number of carbonyl (C=O) groups excluding carboxylic acids is 2. The number of carbonyl (C=O) groups is 2. The van der Waals surface area contributed by atoms with Gasteiger partial charge >= 0.3 is 12.0 Å². The zero-order chi connectivity index (χ0) is 26.4. The van der Waals surface area contributed by atoms with Crippen molar-refractivity contribution >= 4 is 34.4 Å². The Balaban J connectivity index is 1.42. The first-order valence-corrected chi connectivity index (χ1v) is 12.4. The van der Waals surface area contributed by atoms with Crippen LogP contribution in [0.5, 0.6) is 5.75 Å². The van der Waals surface area contributed by atoms with Gasteiger partial charge in [0.2, 0.25) is 0 Å². The third-order valence-electron chi connectivity index (χ3n) is 6.41. The first-order valence-electron chi connectivity index (χ1n) is 12.4. The number of fused-ring (bicyclic) bond motifs is 1. The lowest BCUT2D eigenvalue weighted by Crippen LogP contribution is -2.49. The normalized spacial score (nSPS) is 14.9. The van der Waals surface area contributed by atoms with Gasteiger partial charge < -0.3 is 25.0 Å². The molecule has 2 amide bonds. The maximum absolute atomic E-state index is 12.7. The predicted molar refractivity (Wildman–Crippen MR) is 143 cm³/mol. The van der Waals surface area contributed by atoms with Gasteiger partial charge in [-0.25, -0.2) is 19.6 Å². The first kappa shape index (κ1) is 26.2. The number of rotatable bonds is 8. The second kappa shape index (κ2) is 11.9. The van der Waals surface area contributed by atoms with Crippen LogP contribution in [-0.2, 0) is 16.1 Å². The molecule has 0 bridgehead atoms. The van der Waals surface area contributed by atoms with E-state index >= 15 is 0 Å². The molecule has 4 rings (SSSR count). The van der Waals surface area contributed by atoms with Crippen LogP contribution in [0.15, 0.2) is 48.5 Å². The van der Waals surface area contributed by atoms with Gasteiger partial charge in [0.05, 0.1) is 26.3 Å². The predicted octanol–water partition coefficient (Wildman–Crippen LogP) is 3.60. The SMILES string of the molecule is COC(=O)[C@@H](Nc1nc(CN2CCN(C(=O)Nc3cccc(OC)c3)CC2)nc2ccccc12)C(C)C. The first-order chi connectivity index (χ1) is 17.9. The summed E-state index contributed by atoms with van der Waals surface area (Å²) < 4.78 is 10.2. The number of para-hydroxylation sites is 1. The number of anilines is 2. The Hall–Kier alpha value is -3.92. The molecule has 0 radical (unpaired) electrons. The monoisotopic (exact) mass is 506 g/mol. The summed E-state index contributed by atoms with van der Waals surface area (Å²) in [6.07, 6.45) is 0. The van der Waals surface area contributed by atoms with Crippen molar-refractivity contribution in [1.82, 2.24) is 19.8 Å². The summed E-state index contributed by atoms with van der Waals surface area (Å²) in [5.41, 5.74) is 1.50. The molecule has 3 aromatic rings. The van der Waals surface area contributed by atoms with E-state index in [0.717, 1.165) is 10.9 Å². The van der Waals surface area contributed by atoms with Gasteiger partial charge in [-0.1, -0.05) is 32.0 Å². The summed E-state index contributed by atoms with van der Waals surface area (Å²) in [7, 11) is 2.99. The van der Waals surface area contributed by atoms with Gasteiger partial charge in [-0.15, -0.1) is 0 Å². The summed E-state index contributed by atoms with van der Waals surface area (Å²) in [5, 5.41) is 7.07. The van der Waals surface area contributed by atoms with Crippen molar-refractivity contribution in [1.29, 1.82) is 0 Å². The van der Waals surface area contributed by atoms with Crippen LogP contribution < -0.4 is 15.4 Å². The third kappa shape index (κ3) is 6.45. The average Bonchev–Trinajstić information content (AvgIpc) is 2.91. The zero-order valence-corrected chi connectivity index (χ0v) is 21.7. The fourth-order valence-corrected chi connectivity index (χ4v) is 4.29. The number of nitrogens with zero attached hydrogens (tertiary/aromatic N) is 4. The molecule has 1 fully saturated rings. The molecule has 2 aromatic carbocycles. The third-order valence-corrected chi connectivity index (χ3v) is 6.41. The van der Waals surface area contributed by atoms with Crippen molar-refractivity contribution < 1.29 is 19.1 Å². The van der Waals surface area contributed by atoms with Crippen molar-refractivity contribution in [3.8, 4) is 5.75 Å². The van der Waals surface area contributed by atoms with Crippen LogP contribution in [0.1, 0.15) is 19.7 Å². The van der Waals surface area contributed by atoms with Crippen LogP contribution in [0, 0.1) is 5.92 Å². The van der Waals surface area contributed by atoms with Crippen molar-refractivity contribution in [2.24, 2.45) is 5.92 Å². The number of methoxy groups -OCH3 is 2. The molecular formula is C27H34N6O4. The van der Waals surface area contributed by atoms with Gasteiger partial charge in [0.25, 0.3) is 0 Å². The Morgan fingerprint density at radius 2 is 1.76 bits per heavy atom. The maximum atomic E-state index is 12.7. The van der Waals surface area contributed by atoms with Crippen LogP contribution in [0.3, 0.4) is 0 Å². The molecule has 0 spiro atoms. The van der Waals surface area contributed by atoms with E-state index in [2.05, 4.69) is 15.5 Å². The van der Waals surface area contributed by atoms with Crippen molar-refractivity contribution in [3.05, 3.63) is 54.4 Å². The van der Waals surface area contributed by atoms with E-state index in [-0.39, 0.29) is 17.9 Å². The fourth-order valence-electron chi connectivity index (χ4n) is 4.29. The van der Waals surface area contributed by atoms with E-state index in [9.17, 15) is 9.59 Å². The Labute approximate surface area is 217 Å². The minimum Gasteiger partial charge on any atom is -0.497 e. The van der Waals surface area contributed by atoms with Gasteiger partial charge in [-0.3, -0.25) is 4.90 Å². The number of piperazine rings is 1. The smallest absolute Gasteiger partial charge is 0.328 e. The molecule has 10 nitrogen and oxygen atoms in total. The molecule has 37 heavy (non-hydrogen) atoms. The van der Waals surface area contributed by atoms with Crippen LogP contribution in [0.25, 0.3) is 10.9 Å². The van der Waals surface area contributed by atoms with Crippen molar-refractivity contribution in [2.45, 2.75) is 26.4 Å². The van der Waals surface area contributed by atoms with Crippen molar-refractivity contribution in [2.75, 3.05) is 51.0 Å². The number of aromatic nitrogens is 2. The summed E-state index contributed by atoms with van der Waals surface area (Å²) in [6.45, 7) is 7.03. The summed E-state index contributed by atoms with van der Waals surface area (Å²) in [6, 6.07) is 14.4. The quantitative estimate of drug-likeness (QED) is 0.446. The Kier molecular flexibility index (Phi) is 8.39. The molecule has 2 heterocycles. The minimum absolute atomic E-state index is 0.0147. The number of nitrogens with one attached hydrogen (secondary N) is 2. The molecule has 196 valence electrons. The van der Waals surface area contributed by atoms with Gasteiger partial charge in [0.15, 0.2) is 0 Å². The number of amides is 2. The number of hydrogen-bond donors (Lipinski definition) is 2. The molecule has 0 unspecified atom stereocenters. The lowest BCUT2D eigenvalue weighted by Gasteiger charge is -2.34. The van der Waals surface area contributed by atoms with Crippen LogP contribution >= 0.6 is 0 Å². The number of hydrogen-bond acceptors (Lipinski definition) is 8. The second-order valence-corrected chi connectivity index (χ2v) is 9.32. The highest BCUT2D eigenvalue weighted by Gasteiger charge is 2.26. The minimum atomic E-state index is -0.525. The molecule has 10 heteroatoms. The molecule has 1 saturated heterocycles. The van der Waals surface area contributed by atoms with Crippen LogP contribution in [-0.4, -0.2) is 78.2 Å². The number of esters is 1. The average molecular weight is 507 g/mol. The molecule has 1 aliphatic heterocycles. The Bertz CT molecular complexity index is 1240. The maximum Gasteiger partial charge on any atom is 0.328 e. The molecule has 0 aliphatic carbocycles. The van der Waals surface area contributed by atoms with E-state index in [1.807, 2.05) is 56.3 Å². The highest BCUT2D eigenvalue weighted by molar-refractivity contribution is 5.91. The summed E-state index contributed by atoms with van der Waals surface area (Å²) in [5.74, 6) is 1.64. The van der Waals surface area contributed by atoms with E-state index < -0.39 is 6.04 Å². The topological polar surface area (TPSA) is 109 Å². The lowest BCUT2D eigenvalue weighted by atomic mass is 10.0. The number of ether oxygens (including phenoxy) is 2. The zero-order valence-electron chi connectivity index (χ0n) is 21.7. The van der Waals surface area contributed by atoms with Gasteiger partial charge in [-0.05, 0) is 30.2 Å². The van der Waals surface area contributed by atoms with E-state index in [1.165, 1.54) is 7.11 Å². The second-order valence-electron chi connectivity index (χ2n) is 9.32. The van der Waals surface area contributed by atoms with Crippen molar-refractivity contribution in [3.63, 3.8) is 0 Å². The van der Waals surface area contributed by atoms with E-state index in [0.29, 0.717) is 55.8 Å². The molecule has 0 saturated carbocycles. The fraction of sp³-hybridized carbons (Fsp3) is 0.407. The molecule has 2 N–H and O–H groups in total. The van der Waals surface area contributed by atoms with Crippen LogP contribution in [0.2, 0.25) is 0 Å². The molecule has 1 aromatic heterocycles. The highest BCUT2D eigenvalue weighted by atomic mass is 16.5. The number of benzene rings is 2. The molecule has 1 atom stereocenters.